The van der Waals surface area contributed by atoms with Gasteiger partial charge in [0.05, 0.1) is 19.8 Å². The quantitative estimate of drug-likeness (QED) is 0.0200. The van der Waals surface area contributed by atoms with Crippen LogP contribution in [-0.4, -0.2) is 97.5 Å². The molecule has 0 aromatic carbocycles. The van der Waals surface area contributed by atoms with E-state index in [1.165, 1.54) is 70.6 Å². The molecule has 1 rings (SSSR count). The lowest BCUT2D eigenvalue weighted by Crippen LogP contribution is -2.60. The van der Waals surface area contributed by atoms with E-state index in [-0.39, 0.29) is 19.6 Å². The Kier molecular flexibility index (Phi) is 35.4. The summed E-state index contributed by atoms with van der Waals surface area (Å²) in [5.41, 5.74) is 0. The minimum Gasteiger partial charge on any atom is -0.457 e. The fraction of sp³-hybridized carbons (Fsp3) is 0.723. The predicted molar refractivity (Wildman–Crippen MR) is 239 cm³/mol. The predicted octanol–water partition coefficient (Wildman–Crippen LogP) is 9.52. The summed E-state index contributed by atoms with van der Waals surface area (Å²) in [4.78, 5) is 12.8. The van der Waals surface area contributed by atoms with Crippen molar-refractivity contribution in [1.29, 1.82) is 0 Å². The Labute approximate surface area is 362 Å². The third-order valence-corrected chi connectivity index (χ3v) is 10.3. The Morgan fingerprint density at radius 2 is 1.15 bits per heavy atom. The van der Waals surface area contributed by atoms with Gasteiger partial charge in [-0.05, 0) is 70.6 Å². The van der Waals surface area contributed by atoms with E-state index in [0.29, 0.717) is 13.0 Å². The Morgan fingerprint density at radius 3 is 1.68 bits per heavy atom. The summed E-state index contributed by atoms with van der Waals surface area (Å²) in [6, 6.07) is 0. The van der Waals surface area contributed by atoms with Crippen LogP contribution in [0.4, 0.5) is 0 Å². The maximum atomic E-state index is 12.8. The maximum Gasteiger partial charge on any atom is 0.397 e. The van der Waals surface area contributed by atoms with Gasteiger partial charge in [0.15, 0.2) is 6.29 Å². The van der Waals surface area contributed by atoms with Gasteiger partial charge in [-0.1, -0.05) is 151 Å². The van der Waals surface area contributed by atoms with Crippen molar-refractivity contribution in [1.82, 2.24) is 0 Å². The average molecular weight is 869 g/mol. The molecule has 0 amide bonds. The minimum atomic E-state index is -5.07. The van der Waals surface area contributed by atoms with E-state index in [4.69, 9.17) is 23.5 Å². The summed E-state index contributed by atoms with van der Waals surface area (Å²) in [7, 11) is -5.07. The van der Waals surface area contributed by atoms with Crippen molar-refractivity contribution < 1.29 is 56.2 Å². The number of ether oxygens (including phenoxy) is 4. The number of hydrogen-bond acceptors (Lipinski definition) is 11. The lowest BCUT2D eigenvalue weighted by molar-refractivity contribution is -0.301. The molecule has 13 heteroatoms. The molecule has 60 heavy (non-hydrogen) atoms. The second kappa shape index (κ2) is 38.2. The molecule has 0 radical (unpaired) electrons. The molecular formula is C47H80O12S. The van der Waals surface area contributed by atoms with Crippen molar-refractivity contribution in [2.24, 2.45) is 0 Å². The number of unbranched alkanes of at least 4 members (excludes halogenated alkanes) is 13. The van der Waals surface area contributed by atoms with Crippen molar-refractivity contribution in [2.45, 2.75) is 192 Å². The molecule has 1 fully saturated rings. The van der Waals surface area contributed by atoms with Gasteiger partial charge >= 0.3 is 16.4 Å². The lowest BCUT2D eigenvalue weighted by Gasteiger charge is -2.41. The summed E-state index contributed by atoms with van der Waals surface area (Å²) in [6.07, 6.45) is 39.6. The van der Waals surface area contributed by atoms with Crippen LogP contribution in [0.25, 0.3) is 0 Å². The number of aliphatic hydroxyl groups excluding tert-OH is 3. The number of carbonyl (C=O) groups is 1. The fourth-order valence-electron chi connectivity index (χ4n) is 6.42. The van der Waals surface area contributed by atoms with Crippen LogP contribution in [0.5, 0.6) is 0 Å². The zero-order valence-electron chi connectivity index (χ0n) is 36.7. The van der Waals surface area contributed by atoms with Gasteiger partial charge < -0.3 is 34.3 Å². The van der Waals surface area contributed by atoms with Crippen molar-refractivity contribution in [3.63, 3.8) is 0 Å². The largest absolute Gasteiger partial charge is 0.457 e. The average Bonchev–Trinajstić information content (AvgIpc) is 3.22. The summed E-state index contributed by atoms with van der Waals surface area (Å²) in [5, 5.41) is 30.6. The maximum absolute atomic E-state index is 12.8. The van der Waals surface area contributed by atoms with E-state index in [0.717, 1.165) is 57.8 Å². The van der Waals surface area contributed by atoms with Crippen LogP contribution in [-0.2, 0) is 38.3 Å². The monoisotopic (exact) mass is 869 g/mol. The van der Waals surface area contributed by atoms with Crippen molar-refractivity contribution >= 4 is 16.4 Å². The number of aliphatic hydroxyl groups is 3. The number of esters is 1. The van der Waals surface area contributed by atoms with Gasteiger partial charge in [0.2, 0.25) is 0 Å². The van der Waals surface area contributed by atoms with E-state index in [1.54, 1.807) is 0 Å². The zero-order chi connectivity index (χ0) is 43.9. The lowest BCUT2D eigenvalue weighted by atomic mass is 9.99. The minimum absolute atomic E-state index is 0.00148. The molecule has 0 spiro atoms. The van der Waals surface area contributed by atoms with Crippen LogP contribution in [0, 0.1) is 0 Å². The molecule has 6 atom stereocenters. The normalized spacial score (nSPS) is 20.9. The van der Waals surface area contributed by atoms with Gasteiger partial charge in [-0.25, -0.2) is 4.18 Å². The highest BCUT2D eigenvalue weighted by Gasteiger charge is 2.48. The molecule has 4 N–H and O–H groups in total. The van der Waals surface area contributed by atoms with Crippen LogP contribution in [0.2, 0.25) is 0 Å². The van der Waals surface area contributed by atoms with Crippen molar-refractivity contribution in [2.75, 3.05) is 26.4 Å². The molecule has 1 aliphatic rings. The van der Waals surface area contributed by atoms with Crippen LogP contribution >= 0.6 is 0 Å². The van der Waals surface area contributed by atoms with Gasteiger partial charge in [0.25, 0.3) is 0 Å². The molecule has 0 aromatic heterocycles. The van der Waals surface area contributed by atoms with Gasteiger partial charge in [-0.15, -0.1) is 0 Å². The third kappa shape index (κ3) is 31.4. The topological polar surface area (TPSA) is 178 Å². The van der Waals surface area contributed by atoms with E-state index in [2.05, 4.69) is 78.8 Å². The number of allylic oxidation sites excluding steroid dienone is 12. The molecule has 1 heterocycles. The summed E-state index contributed by atoms with van der Waals surface area (Å²) >= 11 is 0. The highest BCUT2D eigenvalue weighted by Crippen LogP contribution is 2.26. The van der Waals surface area contributed by atoms with Gasteiger partial charge in [0.1, 0.15) is 30.5 Å². The second-order valence-electron chi connectivity index (χ2n) is 15.3. The first-order valence-electron chi connectivity index (χ1n) is 22.7. The molecule has 1 aliphatic heterocycles. The Morgan fingerprint density at radius 1 is 0.650 bits per heavy atom. The number of carbonyl (C=O) groups excluding carboxylic acids is 1. The molecular weight excluding hydrogens is 789 g/mol. The summed E-state index contributed by atoms with van der Waals surface area (Å²) < 4.78 is 58.9. The smallest absolute Gasteiger partial charge is 0.397 e. The van der Waals surface area contributed by atoms with E-state index >= 15 is 0 Å². The molecule has 0 saturated carbocycles. The van der Waals surface area contributed by atoms with Crippen LogP contribution in [0.3, 0.4) is 0 Å². The second-order valence-corrected chi connectivity index (χ2v) is 16.3. The molecule has 12 nitrogen and oxygen atoms in total. The molecule has 0 aromatic rings. The Balaban J connectivity index is 2.44. The SMILES string of the molecule is CC/C=C\C/C=C\C/C=C\C/C=C\CCC(=O)OC(COCCCCCCCCCCCC/C=C\C/C=C\CCCCC)COC1OC(CO)C(O)C(OS(=O)(=O)O)C1O. The third-order valence-electron chi connectivity index (χ3n) is 9.83. The Hall–Kier alpha value is -2.46. The van der Waals surface area contributed by atoms with Gasteiger partial charge in [-0.2, -0.15) is 8.42 Å². The highest BCUT2D eigenvalue weighted by atomic mass is 32.3. The van der Waals surface area contributed by atoms with E-state index in [1.807, 2.05) is 12.2 Å². The van der Waals surface area contributed by atoms with Crippen LogP contribution in [0.1, 0.15) is 155 Å². The number of rotatable bonds is 38. The van der Waals surface area contributed by atoms with Gasteiger partial charge in [-0.3, -0.25) is 9.35 Å². The first kappa shape index (κ1) is 55.6. The summed E-state index contributed by atoms with van der Waals surface area (Å²) in [5.74, 6) is -0.482. The fourth-order valence-corrected chi connectivity index (χ4v) is 6.93. The van der Waals surface area contributed by atoms with E-state index < -0.39 is 59.8 Å². The van der Waals surface area contributed by atoms with E-state index in [9.17, 15) is 28.5 Å². The van der Waals surface area contributed by atoms with Crippen LogP contribution < -0.4 is 0 Å². The molecule has 6 unspecified atom stereocenters. The van der Waals surface area contributed by atoms with Crippen molar-refractivity contribution in [3.8, 4) is 0 Å². The first-order chi connectivity index (χ1) is 29.1. The van der Waals surface area contributed by atoms with Gasteiger partial charge in [0, 0.05) is 13.0 Å². The molecule has 0 bridgehead atoms. The highest BCUT2D eigenvalue weighted by molar-refractivity contribution is 7.80. The standard InChI is InChI=1S/C47H80O12S/c1-3-5-7-9-11-13-15-17-18-19-20-21-22-23-25-27-29-31-33-35-37-55-39-41(40-56-47-45(51)46(59-60(52,53)54)44(50)42(38-48)58-47)57-43(49)36-34-32-30-28-26-24-16-14-12-10-8-6-4-2/h6,8,11-14,17-18,24,26,30,32,41-42,44-48,50-51H,3-5,7,9-10,15-16,19-23,25,27-29,31,33-40H2,1-2H3,(H,52,53,54)/b8-6-,13-11-,14-12-,18-17-,26-24-,32-30-. The molecule has 346 valence electrons. The van der Waals surface area contributed by atoms with Crippen LogP contribution in [0.15, 0.2) is 72.9 Å². The molecule has 0 aliphatic carbocycles. The van der Waals surface area contributed by atoms with Crippen molar-refractivity contribution in [3.05, 3.63) is 72.9 Å². The molecule has 1 saturated heterocycles. The number of hydrogen-bond donors (Lipinski definition) is 4. The zero-order valence-corrected chi connectivity index (χ0v) is 37.6. The Bertz CT molecular complexity index is 1330. The first-order valence-corrected chi connectivity index (χ1v) is 24.1. The summed E-state index contributed by atoms with van der Waals surface area (Å²) in [6.45, 7) is 3.73.